The molecule has 78 valence electrons. The van der Waals surface area contributed by atoms with Crippen molar-refractivity contribution in [1.29, 1.82) is 0 Å². The minimum Gasteiger partial charge on any atom is -0.441 e. The quantitative estimate of drug-likeness (QED) is 0.684. The van der Waals surface area contributed by atoms with Gasteiger partial charge < -0.3 is 4.74 Å². The Labute approximate surface area is 90.3 Å². The molecule has 0 N–H and O–H groups in total. The minimum atomic E-state index is 0.0694. The summed E-state index contributed by atoms with van der Waals surface area (Å²) in [5, 5.41) is 0. The third kappa shape index (κ3) is 1.80. The first-order valence-electron chi connectivity index (χ1n) is 5.10. The summed E-state index contributed by atoms with van der Waals surface area (Å²) in [7, 11) is 0. The molecule has 1 aromatic rings. The Morgan fingerprint density at radius 2 is 2.07 bits per heavy atom. The minimum absolute atomic E-state index is 0.0694. The van der Waals surface area contributed by atoms with Crippen molar-refractivity contribution in [3.8, 4) is 0 Å². The lowest BCUT2D eigenvalue weighted by Gasteiger charge is -2.06. The lowest BCUT2D eigenvalue weighted by molar-refractivity contribution is 0.424. The van der Waals surface area contributed by atoms with Crippen LogP contribution in [0.5, 0.6) is 0 Å². The van der Waals surface area contributed by atoms with Gasteiger partial charge in [0, 0.05) is 5.56 Å². The van der Waals surface area contributed by atoms with E-state index >= 15 is 0 Å². The van der Waals surface area contributed by atoms with Crippen molar-refractivity contribution in [2.24, 2.45) is 4.99 Å². The zero-order valence-electron chi connectivity index (χ0n) is 9.37. The van der Waals surface area contributed by atoms with Gasteiger partial charge in [-0.25, -0.2) is 4.99 Å². The zero-order chi connectivity index (χ0) is 11.0. The smallest absolute Gasteiger partial charge is 0.222 e. The second-order valence-corrected chi connectivity index (χ2v) is 4.00. The van der Waals surface area contributed by atoms with Crippen LogP contribution in [0.2, 0.25) is 0 Å². The SMILES string of the molecule is C=C1OC(c2cc(C)ccc2C)=NC1C. The summed E-state index contributed by atoms with van der Waals surface area (Å²) in [4.78, 5) is 4.44. The van der Waals surface area contributed by atoms with Crippen molar-refractivity contribution in [3.05, 3.63) is 47.2 Å². The number of rotatable bonds is 1. The van der Waals surface area contributed by atoms with Crippen LogP contribution in [-0.4, -0.2) is 11.9 Å². The van der Waals surface area contributed by atoms with Crippen LogP contribution < -0.4 is 0 Å². The molecule has 1 unspecified atom stereocenters. The molecular weight excluding hydrogens is 186 g/mol. The van der Waals surface area contributed by atoms with E-state index in [0.717, 1.165) is 11.3 Å². The first-order valence-corrected chi connectivity index (χ1v) is 5.10. The van der Waals surface area contributed by atoms with Crippen molar-refractivity contribution in [1.82, 2.24) is 0 Å². The van der Waals surface area contributed by atoms with Crippen LogP contribution in [0.4, 0.5) is 0 Å². The highest BCUT2D eigenvalue weighted by Gasteiger charge is 2.21. The number of nitrogens with zero attached hydrogens (tertiary/aromatic N) is 1. The molecule has 2 heteroatoms. The molecule has 15 heavy (non-hydrogen) atoms. The molecule has 1 aliphatic heterocycles. The van der Waals surface area contributed by atoms with Gasteiger partial charge in [-0.15, -0.1) is 0 Å². The summed E-state index contributed by atoms with van der Waals surface area (Å²) < 4.78 is 5.55. The van der Waals surface area contributed by atoms with Crippen LogP contribution >= 0.6 is 0 Å². The molecule has 0 aromatic heterocycles. The lowest BCUT2D eigenvalue weighted by Crippen LogP contribution is -2.03. The van der Waals surface area contributed by atoms with Gasteiger partial charge in [0.25, 0.3) is 0 Å². The number of hydrogen-bond acceptors (Lipinski definition) is 2. The molecule has 0 bridgehead atoms. The van der Waals surface area contributed by atoms with E-state index in [-0.39, 0.29) is 6.04 Å². The fraction of sp³-hybridized carbons (Fsp3) is 0.308. The second-order valence-electron chi connectivity index (χ2n) is 4.00. The van der Waals surface area contributed by atoms with Crippen LogP contribution in [-0.2, 0) is 4.74 Å². The molecule has 2 rings (SSSR count). The Hall–Kier alpha value is -1.57. The Morgan fingerprint density at radius 3 is 2.67 bits per heavy atom. The number of aryl methyl sites for hydroxylation is 2. The summed E-state index contributed by atoms with van der Waals surface area (Å²) in [6, 6.07) is 6.34. The van der Waals surface area contributed by atoms with Crippen molar-refractivity contribution >= 4 is 5.90 Å². The maximum absolute atomic E-state index is 5.55. The van der Waals surface area contributed by atoms with E-state index in [2.05, 4.69) is 43.6 Å². The molecule has 0 fully saturated rings. The molecule has 0 saturated heterocycles. The first-order chi connectivity index (χ1) is 7.08. The average Bonchev–Trinajstić information content (AvgIpc) is 2.51. The van der Waals surface area contributed by atoms with Gasteiger partial charge in [0.05, 0.1) is 0 Å². The zero-order valence-corrected chi connectivity index (χ0v) is 9.37. The van der Waals surface area contributed by atoms with Gasteiger partial charge >= 0.3 is 0 Å². The molecule has 0 aliphatic carbocycles. The number of benzene rings is 1. The summed E-state index contributed by atoms with van der Waals surface area (Å²) in [5.41, 5.74) is 3.47. The highest BCUT2D eigenvalue weighted by atomic mass is 16.5. The van der Waals surface area contributed by atoms with Gasteiger partial charge in [0.15, 0.2) is 0 Å². The molecule has 1 aliphatic rings. The molecule has 2 nitrogen and oxygen atoms in total. The van der Waals surface area contributed by atoms with E-state index in [1.54, 1.807) is 0 Å². The van der Waals surface area contributed by atoms with E-state index in [9.17, 15) is 0 Å². The molecule has 1 aromatic carbocycles. The van der Waals surface area contributed by atoms with Crippen LogP contribution in [0, 0.1) is 13.8 Å². The van der Waals surface area contributed by atoms with Gasteiger partial charge in [-0.1, -0.05) is 24.3 Å². The third-order valence-electron chi connectivity index (χ3n) is 2.63. The summed E-state index contributed by atoms with van der Waals surface area (Å²) >= 11 is 0. The fourth-order valence-corrected chi connectivity index (χ4v) is 1.57. The van der Waals surface area contributed by atoms with Gasteiger partial charge in [0.1, 0.15) is 11.8 Å². The predicted molar refractivity (Wildman–Crippen MR) is 62.1 cm³/mol. The molecule has 0 spiro atoms. The highest BCUT2D eigenvalue weighted by Crippen LogP contribution is 2.22. The molecule has 0 saturated carbocycles. The maximum Gasteiger partial charge on any atom is 0.222 e. The van der Waals surface area contributed by atoms with Crippen LogP contribution in [0.25, 0.3) is 0 Å². The van der Waals surface area contributed by atoms with Crippen molar-refractivity contribution in [2.75, 3.05) is 0 Å². The van der Waals surface area contributed by atoms with Crippen LogP contribution in [0.3, 0.4) is 0 Å². The fourth-order valence-electron chi connectivity index (χ4n) is 1.57. The number of aliphatic imine (C=N–C) groups is 1. The first kappa shape index (κ1) is 9.97. The van der Waals surface area contributed by atoms with Crippen LogP contribution in [0.1, 0.15) is 23.6 Å². The van der Waals surface area contributed by atoms with Crippen molar-refractivity contribution < 1.29 is 4.74 Å². The summed E-state index contributed by atoms with van der Waals surface area (Å²) in [6.45, 7) is 9.94. The van der Waals surface area contributed by atoms with E-state index < -0.39 is 0 Å². The second kappa shape index (κ2) is 3.54. The Bertz CT molecular complexity index is 446. The summed E-state index contributed by atoms with van der Waals surface area (Å²) in [6.07, 6.45) is 0. The summed E-state index contributed by atoms with van der Waals surface area (Å²) in [5.74, 6) is 1.43. The average molecular weight is 201 g/mol. The highest BCUT2D eigenvalue weighted by molar-refractivity contribution is 5.97. The number of ether oxygens (including phenoxy) is 1. The Kier molecular flexibility index (Phi) is 2.35. The van der Waals surface area contributed by atoms with Gasteiger partial charge in [-0.3, -0.25) is 0 Å². The molecule has 0 amide bonds. The largest absolute Gasteiger partial charge is 0.441 e. The molecule has 1 heterocycles. The maximum atomic E-state index is 5.55. The van der Waals surface area contributed by atoms with Gasteiger partial charge in [0.2, 0.25) is 5.90 Å². The lowest BCUT2D eigenvalue weighted by atomic mass is 10.1. The Balaban J connectivity index is 2.43. The van der Waals surface area contributed by atoms with E-state index in [4.69, 9.17) is 4.74 Å². The molecule has 0 radical (unpaired) electrons. The predicted octanol–water partition coefficient (Wildman–Crippen LogP) is 2.98. The number of hydrogen-bond donors (Lipinski definition) is 0. The van der Waals surface area contributed by atoms with E-state index in [0.29, 0.717) is 5.90 Å². The van der Waals surface area contributed by atoms with E-state index in [1.807, 2.05) is 6.92 Å². The van der Waals surface area contributed by atoms with E-state index in [1.165, 1.54) is 11.1 Å². The normalized spacial score (nSPS) is 20.1. The molecular formula is C13H15NO. The topological polar surface area (TPSA) is 21.6 Å². The monoisotopic (exact) mass is 201 g/mol. The van der Waals surface area contributed by atoms with Gasteiger partial charge in [-0.05, 0) is 32.4 Å². The molecule has 1 atom stereocenters. The van der Waals surface area contributed by atoms with Crippen molar-refractivity contribution in [2.45, 2.75) is 26.8 Å². The van der Waals surface area contributed by atoms with Crippen molar-refractivity contribution in [3.63, 3.8) is 0 Å². The third-order valence-corrected chi connectivity index (χ3v) is 2.63. The van der Waals surface area contributed by atoms with Crippen LogP contribution in [0.15, 0.2) is 35.5 Å². The van der Waals surface area contributed by atoms with Gasteiger partial charge in [-0.2, -0.15) is 0 Å². The Morgan fingerprint density at radius 1 is 1.33 bits per heavy atom. The standard InChI is InChI=1S/C13H15NO/c1-8-5-6-9(2)12(7-8)13-14-10(3)11(4)15-13/h5-7,10H,4H2,1-3H3.